The number of anilines is 2. The molecule has 0 unspecified atom stereocenters. The summed E-state index contributed by atoms with van der Waals surface area (Å²) in [5.74, 6) is 0.958. The fraction of sp³-hybridized carbons (Fsp3) is 0.182. The zero-order valence-electron chi connectivity index (χ0n) is 9.91. The van der Waals surface area contributed by atoms with Crippen LogP contribution >= 0.6 is 15.9 Å². The van der Waals surface area contributed by atoms with Crippen molar-refractivity contribution in [3.63, 3.8) is 0 Å². The van der Waals surface area contributed by atoms with Crippen LogP contribution in [0, 0.1) is 13.8 Å². The van der Waals surface area contributed by atoms with Crippen molar-refractivity contribution >= 4 is 33.6 Å². The van der Waals surface area contributed by atoms with Crippen LogP contribution in [0.4, 0.5) is 16.4 Å². The van der Waals surface area contributed by atoms with E-state index in [-0.39, 0.29) is 6.03 Å². The van der Waals surface area contributed by atoms with E-state index >= 15 is 0 Å². The number of amides is 2. The number of aryl methyl sites for hydroxylation is 2. The molecule has 0 aliphatic heterocycles. The molecule has 0 aliphatic carbocycles. The first-order chi connectivity index (χ1) is 8.54. The lowest BCUT2D eigenvalue weighted by Crippen LogP contribution is -2.20. The van der Waals surface area contributed by atoms with E-state index in [2.05, 4.69) is 41.7 Å². The highest BCUT2D eigenvalue weighted by atomic mass is 79.9. The lowest BCUT2D eigenvalue weighted by atomic mass is 10.4. The smallest absolute Gasteiger partial charge is 0.292 e. The first-order valence-corrected chi connectivity index (χ1v) is 6.07. The summed E-state index contributed by atoms with van der Waals surface area (Å²) in [6, 6.07) is 4.90. The van der Waals surface area contributed by atoms with Crippen LogP contribution in [-0.4, -0.2) is 21.2 Å². The third-order valence-electron chi connectivity index (χ3n) is 2.21. The van der Waals surface area contributed by atoms with Crippen molar-refractivity contribution in [2.24, 2.45) is 0 Å². The Morgan fingerprint density at radius 1 is 1.28 bits per heavy atom. The van der Waals surface area contributed by atoms with Crippen LogP contribution in [0.25, 0.3) is 0 Å². The van der Waals surface area contributed by atoms with Crippen molar-refractivity contribution in [3.05, 3.63) is 34.1 Å². The molecule has 7 heteroatoms. The molecule has 0 saturated heterocycles. The molecule has 0 radical (unpaired) electrons. The quantitative estimate of drug-likeness (QED) is 0.797. The van der Waals surface area contributed by atoms with Gasteiger partial charge in [-0.05, 0) is 41.9 Å². The molecule has 6 nitrogen and oxygen atoms in total. The number of aromatic amines is 1. The summed E-state index contributed by atoms with van der Waals surface area (Å²) in [5.41, 5.74) is 1.69. The van der Waals surface area contributed by atoms with Crippen molar-refractivity contribution in [2.45, 2.75) is 13.8 Å². The van der Waals surface area contributed by atoms with Gasteiger partial charge in [0.25, 0.3) is 0 Å². The van der Waals surface area contributed by atoms with Gasteiger partial charge >= 0.3 is 6.03 Å². The molecule has 0 bridgehead atoms. The Hall–Kier alpha value is -1.89. The van der Waals surface area contributed by atoms with Crippen LogP contribution in [0.1, 0.15) is 11.4 Å². The number of nitrogens with zero attached hydrogens (tertiary/aromatic N) is 2. The van der Waals surface area contributed by atoms with Crippen LogP contribution in [0.2, 0.25) is 0 Å². The molecular formula is C11H12BrN5O. The minimum atomic E-state index is -0.379. The molecule has 2 rings (SSSR count). The predicted molar refractivity (Wildman–Crippen MR) is 72.6 cm³/mol. The summed E-state index contributed by atoms with van der Waals surface area (Å²) in [6.45, 7) is 3.71. The fourth-order valence-electron chi connectivity index (χ4n) is 1.36. The number of carbonyl (C=O) groups is 1. The molecule has 0 saturated carbocycles. The Kier molecular flexibility index (Phi) is 3.61. The van der Waals surface area contributed by atoms with Crippen LogP contribution < -0.4 is 10.6 Å². The van der Waals surface area contributed by atoms with Crippen molar-refractivity contribution < 1.29 is 4.79 Å². The van der Waals surface area contributed by atoms with Crippen LogP contribution in [0.5, 0.6) is 0 Å². The maximum absolute atomic E-state index is 11.7. The van der Waals surface area contributed by atoms with Gasteiger partial charge in [0.05, 0.1) is 5.69 Å². The molecule has 3 N–H and O–H groups in total. The number of nitrogens with one attached hydrogen (secondary N) is 3. The third-order valence-corrected chi connectivity index (χ3v) is 3.05. The predicted octanol–water partition coefficient (Wildman–Crippen LogP) is 2.83. The van der Waals surface area contributed by atoms with E-state index in [1.165, 1.54) is 0 Å². The topological polar surface area (TPSA) is 82.7 Å². The zero-order chi connectivity index (χ0) is 13.1. The first kappa shape index (κ1) is 12.6. The Labute approximate surface area is 112 Å². The average molecular weight is 310 g/mol. The maximum atomic E-state index is 11.7. The Morgan fingerprint density at radius 3 is 2.61 bits per heavy atom. The number of rotatable bonds is 2. The van der Waals surface area contributed by atoms with E-state index < -0.39 is 0 Å². The number of H-pyrrole nitrogens is 1. The largest absolute Gasteiger partial charge is 0.326 e. The highest BCUT2D eigenvalue weighted by molar-refractivity contribution is 9.10. The molecule has 0 aromatic carbocycles. The van der Waals surface area contributed by atoms with Crippen LogP contribution in [0.3, 0.4) is 0 Å². The van der Waals surface area contributed by atoms with E-state index in [9.17, 15) is 4.79 Å². The SMILES string of the molecule is Cc1cc(NC(=O)Nc2ccc(Br)c(C)n2)n[nH]1. The molecule has 2 aromatic rings. The summed E-state index contributed by atoms with van der Waals surface area (Å²) < 4.78 is 0.899. The lowest BCUT2D eigenvalue weighted by Gasteiger charge is -2.06. The second-order valence-electron chi connectivity index (χ2n) is 3.78. The Bertz CT molecular complexity index is 581. The number of carbonyl (C=O) groups excluding carboxylic acids is 1. The minimum absolute atomic E-state index is 0.379. The molecule has 94 valence electrons. The van der Waals surface area contributed by atoms with Gasteiger partial charge in [0.2, 0.25) is 0 Å². The lowest BCUT2D eigenvalue weighted by molar-refractivity contribution is 0.262. The molecule has 18 heavy (non-hydrogen) atoms. The van der Waals surface area contributed by atoms with Crippen molar-refractivity contribution in [3.8, 4) is 0 Å². The van der Waals surface area contributed by atoms with E-state index in [0.29, 0.717) is 11.6 Å². The molecular weight excluding hydrogens is 298 g/mol. The highest BCUT2D eigenvalue weighted by Crippen LogP contribution is 2.16. The summed E-state index contributed by atoms with van der Waals surface area (Å²) in [4.78, 5) is 15.9. The van der Waals surface area contributed by atoms with E-state index in [1.807, 2.05) is 19.9 Å². The number of hydrogen-bond acceptors (Lipinski definition) is 3. The molecule has 2 aromatic heterocycles. The van der Waals surface area contributed by atoms with E-state index in [1.54, 1.807) is 12.1 Å². The van der Waals surface area contributed by atoms with Gasteiger partial charge in [0.15, 0.2) is 5.82 Å². The molecule has 2 heterocycles. The fourth-order valence-corrected chi connectivity index (χ4v) is 1.58. The summed E-state index contributed by atoms with van der Waals surface area (Å²) in [6.07, 6.45) is 0. The van der Waals surface area contributed by atoms with Crippen molar-refractivity contribution in [2.75, 3.05) is 10.6 Å². The molecule has 0 fully saturated rings. The van der Waals surface area contributed by atoms with Crippen LogP contribution in [-0.2, 0) is 0 Å². The summed E-state index contributed by atoms with van der Waals surface area (Å²) in [7, 11) is 0. The van der Waals surface area contributed by atoms with Crippen LogP contribution in [0.15, 0.2) is 22.7 Å². The number of halogens is 1. The average Bonchev–Trinajstić information content (AvgIpc) is 2.69. The highest BCUT2D eigenvalue weighted by Gasteiger charge is 2.06. The number of hydrogen-bond donors (Lipinski definition) is 3. The molecule has 0 spiro atoms. The van der Waals surface area contributed by atoms with E-state index in [4.69, 9.17) is 0 Å². The first-order valence-electron chi connectivity index (χ1n) is 5.28. The minimum Gasteiger partial charge on any atom is -0.292 e. The van der Waals surface area contributed by atoms with Gasteiger partial charge in [-0.25, -0.2) is 9.78 Å². The Balaban J connectivity index is 2.00. The second kappa shape index (κ2) is 5.18. The van der Waals surface area contributed by atoms with Gasteiger partial charge in [-0.3, -0.25) is 15.7 Å². The standard InChI is InChI=1S/C11H12BrN5O/c1-6-5-10(17-16-6)15-11(18)14-9-4-3-8(12)7(2)13-9/h3-5H,1-2H3,(H3,13,14,15,16,17,18). The van der Waals surface area contributed by atoms with Gasteiger partial charge in [-0.1, -0.05) is 0 Å². The summed E-state index contributed by atoms with van der Waals surface area (Å²) >= 11 is 3.35. The van der Waals surface area contributed by atoms with Gasteiger partial charge < -0.3 is 0 Å². The van der Waals surface area contributed by atoms with Gasteiger partial charge in [0, 0.05) is 16.2 Å². The molecule has 0 aliphatic rings. The van der Waals surface area contributed by atoms with Crippen molar-refractivity contribution in [1.82, 2.24) is 15.2 Å². The molecule has 0 atom stereocenters. The third kappa shape index (κ3) is 3.07. The second-order valence-corrected chi connectivity index (χ2v) is 4.63. The maximum Gasteiger partial charge on any atom is 0.326 e. The summed E-state index contributed by atoms with van der Waals surface area (Å²) in [5, 5.41) is 11.9. The van der Waals surface area contributed by atoms with E-state index in [0.717, 1.165) is 15.9 Å². The molecule has 2 amide bonds. The van der Waals surface area contributed by atoms with Gasteiger partial charge in [-0.15, -0.1) is 0 Å². The zero-order valence-corrected chi connectivity index (χ0v) is 11.5. The van der Waals surface area contributed by atoms with Gasteiger partial charge in [-0.2, -0.15) is 5.10 Å². The number of pyridine rings is 1. The van der Waals surface area contributed by atoms with Gasteiger partial charge in [0.1, 0.15) is 5.82 Å². The Morgan fingerprint density at radius 2 is 2.00 bits per heavy atom. The number of aromatic nitrogens is 3. The normalized spacial score (nSPS) is 10.2. The monoisotopic (exact) mass is 309 g/mol. The number of urea groups is 1. The van der Waals surface area contributed by atoms with Crippen molar-refractivity contribution in [1.29, 1.82) is 0 Å².